The van der Waals surface area contributed by atoms with Gasteiger partial charge in [-0.2, -0.15) is 5.10 Å². The number of hydrazone groups is 1. The summed E-state index contributed by atoms with van der Waals surface area (Å²) in [6.45, 7) is 0.902. The molecule has 0 radical (unpaired) electrons. The van der Waals surface area contributed by atoms with Crippen LogP contribution in [0.5, 0.6) is 0 Å². The third-order valence-corrected chi connectivity index (χ3v) is 3.39. The first kappa shape index (κ1) is 12.7. The molecule has 2 N–H and O–H groups in total. The maximum absolute atomic E-state index is 11.8. The molecule has 1 unspecified atom stereocenters. The summed E-state index contributed by atoms with van der Waals surface area (Å²) < 4.78 is 0. The smallest absolute Gasteiger partial charge is 0.257 e. The number of pyridine rings is 1. The van der Waals surface area contributed by atoms with Crippen LogP contribution in [0.1, 0.15) is 18.4 Å². The predicted molar refractivity (Wildman–Crippen MR) is 78.5 cm³/mol. The fourth-order valence-electron chi connectivity index (χ4n) is 2.33. The second kappa shape index (κ2) is 5.79. The maximum Gasteiger partial charge on any atom is 0.257 e. The number of carbonyl (C=O) groups is 1. The quantitative estimate of drug-likeness (QED) is 0.654. The van der Waals surface area contributed by atoms with Crippen molar-refractivity contribution in [1.29, 1.82) is 0 Å². The van der Waals surface area contributed by atoms with Gasteiger partial charge >= 0.3 is 0 Å². The van der Waals surface area contributed by atoms with Gasteiger partial charge in [0.05, 0.1) is 17.8 Å². The number of benzene rings is 1. The molecule has 20 heavy (non-hydrogen) atoms. The van der Waals surface area contributed by atoms with Gasteiger partial charge in [0.2, 0.25) is 0 Å². The Balaban J connectivity index is 1.66. The summed E-state index contributed by atoms with van der Waals surface area (Å²) in [5.41, 5.74) is 4.46. The first-order chi connectivity index (χ1) is 9.83. The normalized spacial score (nSPS) is 18.7. The van der Waals surface area contributed by atoms with Gasteiger partial charge in [-0.15, -0.1) is 0 Å². The third-order valence-electron chi connectivity index (χ3n) is 3.39. The van der Waals surface area contributed by atoms with E-state index in [2.05, 4.69) is 20.8 Å². The molecule has 5 heteroatoms. The van der Waals surface area contributed by atoms with Crippen LogP contribution in [0, 0.1) is 0 Å². The molecular weight excluding hydrogens is 252 g/mol. The van der Waals surface area contributed by atoms with E-state index >= 15 is 0 Å². The molecule has 102 valence electrons. The van der Waals surface area contributed by atoms with Gasteiger partial charge in [0, 0.05) is 11.6 Å². The number of nitrogens with zero attached hydrogens (tertiary/aromatic N) is 2. The highest BCUT2D eigenvalue weighted by Crippen LogP contribution is 2.11. The van der Waals surface area contributed by atoms with E-state index in [0.717, 1.165) is 35.9 Å². The molecule has 1 amide bonds. The Morgan fingerprint density at radius 2 is 2.40 bits per heavy atom. The number of fused-ring (bicyclic) bond motifs is 1. The van der Waals surface area contributed by atoms with E-state index in [4.69, 9.17) is 0 Å². The Kier molecular flexibility index (Phi) is 3.69. The van der Waals surface area contributed by atoms with E-state index in [9.17, 15) is 4.79 Å². The second-order valence-electron chi connectivity index (χ2n) is 4.84. The zero-order chi connectivity index (χ0) is 13.8. The van der Waals surface area contributed by atoms with E-state index < -0.39 is 0 Å². The SMILES string of the molecule is O=C(N/N=C/c1ccc2ncccc2c1)C1CCCN1. The molecule has 0 aliphatic carbocycles. The van der Waals surface area contributed by atoms with Crippen molar-refractivity contribution < 1.29 is 4.79 Å². The van der Waals surface area contributed by atoms with Gasteiger partial charge in [-0.25, -0.2) is 5.43 Å². The number of rotatable bonds is 3. The van der Waals surface area contributed by atoms with E-state index in [1.807, 2.05) is 30.3 Å². The van der Waals surface area contributed by atoms with Gasteiger partial charge < -0.3 is 5.32 Å². The Bertz CT molecular complexity index is 647. The number of nitrogens with one attached hydrogen (secondary N) is 2. The van der Waals surface area contributed by atoms with Crippen LogP contribution in [0.4, 0.5) is 0 Å². The van der Waals surface area contributed by atoms with Crippen molar-refractivity contribution in [2.75, 3.05) is 6.54 Å². The Morgan fingerprint density at radius 1 is 1.45 bits per heavy atom. The van der Waals surface area contributed by atoms with Crippen LogP contribution in [0.3, 0.4) is 0 Å². The van der Waals surface area contributed by atoms with Crippen molar-refractivity contribution in [2.45, 2.75) is 18.9 Å². The first-order valence-electron chi connectivity index (χ1n) is 6.74. The lowest BCUT2D eigenvalue weighted by atomic mass is 10.1. The van der Waals surface area contributed by atoms with Crippen molar-refractivity contribution in [3.8, 4) is 0 Å². The lowest BCUT2D eigenvalue weighted by molar-refractivity contribution is -0.122. The summed E-state index contributed by atoms with van der Waals surface area (Å²) in [6, 6.07) is 9.66. The molecule has 1 aliphatic heterocycles. The molecule has 1 atom stereocenters. The van der Waals surface area contributed by atoms with Crippen molar-refractivity contribution in [2.24, 2.45) is 5.10 Å². The van der Waals surface area contributed by atoms with Crippen LogP contribution < -0.4 is 10.7 Å². The average molecular weight is 268 g/mol. The highest BCUT2D eigenvalue weighted by atomic mass is 16.2. The van der Waals surface area contributed by atoms with Crippen LogP contribution in [0.2, 0.25) is 0 Å². The molecule has 2 heterocycles. The lowest BCUT2D eigenvalue weighted by Gasteiger charge is -2.06. The summed E-state index contributed by atoms with van der Waals surface area (Å²) in [4.78, 5) is 16.0. The van der Waals surface area contributed by atoms with Gasteiger partial charge in [0.1, 0.15) is 0 Å². The summed E-state index contributed by atoms with van der Waals surface area (Å²) >= 11 is 0. The fourth-order valence-corrected chi connectivity index (χ4v) is 2.33. The molecule has 5 nitrogen and oxygen atoms in total. The van der Waals surface area contributed by atoms with E-state index in [1.54, 1.807) is 12.4 Å². The molecule has 1 aromatic heterocycles. The molecule has 0 saturated carbocycles. The number of hydrogen-bond acceptors (Lipinski definition) is 4. The van der Waals surface area contributed by atoms with Crippen LogP contribution in [-0.4, -0.2) is 29.7 Å². The topological polar surface area (TPSA) is 66.4 Å². The van der Waals surface area contributed by atoms with Gasteiger partial charge in [0.25, 0.3) is 5.91 Å². The highest BCUT2D eigenvalue weighted by molar-refractivity contribution is 5.89. The van der Waals surface area contributed by atoms with Crippen molar-refractivity contribution in [3.05, 3.63) is 42.1 Å². The Morgan fingerprint density at radius 3 is 3.25 bits per heavy atom. The fraction of sp³-hybridized carbons (Fsp3) is 0.267. The largest absolute Gasteiger partial charge is 0.306 e. The molecular formula is C15H16N4O. The number of aromatic nitrogens is 1. The number of amides is 1. The van der Waals surface area contributed by atoms with Gasteiger partial charge in [0.15, 0.2) is 0 Å². The molecule has 1 aromatic carbocycles. The first-order valence-corrected chi connectivity index (χ1v) is 6.74. The van der Waals surface area contributed by atoms with Gasteiger partial charge in [-0.05, 0) is 43.1 Å². The number of carbonyl (C=O) groups excluding carboxylic acids is 1. The zero-order valence-electron chi connectivity index (χ0n) is 11.0. The number of hydrogen-bond donors (Lipinski definition) is 2. The molecule has 1 saturated heterocycles. The summed E-state index contributed by atoms with van der Waals surface area (Å²) in [6.07, 6.45) is 5.34. The average Bonchev–Trinajstić information content (AvgIpc) is 3.01. The van der Waals surface area contributed by atoms with E-state index in [-0.39, 0.29) is 11.9 Å². The van der Waals surface area contributed by atoms with Gasteiger partial charge in [-0.1, -0.05) is 12.1 Å². The summed E-state index contributed by atoms with van der Waals surface area (Å²) in [7, 11) is 0. The molecule has 0 bridgehead atoms. The molecule has 1 fully saturated rings. The molecule has 1 aliphatic rings. The van der Waals surface area contributed by atoms with Crippen LogP contribution in [0.15, 0.2) is 41.6 Å². The Hall–Kier alpha value is -2.27. The van der Waals surface area contributed by atoms with Crippen LogP contribution in [-0.2, 0) is 4.79 Å². The Labute approximate surface area is 117 Å². The van der Waals surface area contributed by atoms with Crippen molar-refractivity contribution in [1.82, 2.24) is 15.7 Å². The molecule has 3 rings (SSSR count). The third kappa shape index (κ3) is 2.83. The lowest BCUT2D eigenvalue weighted by Crippen LogP contribution is -2.38. The monoisotopic (exact) mass is 268 g/mol. The standard InChI is InChI=1S/C15H16N4O/c20-15(14-4-2-8-17-14)19-18-10-11-5-6-13-12(9-11)3-1-7-16-13/h1,3,5-7,9-10,14,17H,2,4,8H2,(H,19,20)/b18-10+. The second-order valence-corrected chi connectivity index (χ2v) is 4.84. The maximum atomic E-state index is 11.8. The van der Waals surface area contributed by atoms with Crippen LogP contribution >= 0.6 is 0 Å². The summed E-state index contributed by atoms with van der Waals surface area (Å²) in [5.74, 6) is -0.0683. The van der Waals surface area contributed by atoms with Gasteiger partial charge in [-0.3, -0.25) is 9.78 Å². The molecule has 2 aromatic rings. The van der Waals surface area contributed by atoms with Crippen LogP contribution in [0.25, 0.3) is 10.9 Å². The minimum absolute atomic E-state index is 0.0683. The zero-order valence-corrected chi connectivity index (χ0v) is 11.0. The van der Waals surface area contributed by atoms with Crippen molar-refractivity contribution in [3.63, 3.8) is 0 Å². The highest BCUT2D eigenvalue weighted by Gasteiger charge is 2.21. The predicted octanol–water partition coefficient (Wildman–Crippen LogP) is 1.44. The van der Waals surface area contributed by atoms with E-state index in [0.29, 0.717) is 0 Å². The van der Waals surface area contributed by atoms with E-state index in [1.165, 1.54) is 0 Å². The minimum atomic E-state index is -0.104. The minimum Gasteiger partial charge on any atom is -0.306 e. The summed E-state index contributed by atoms with van der Waals surface area (Å²) in [5, 5.41) is 8.20. The van der Waals surface area contributed by atoms with Crippen molar-refractivity contribution >= 4 is 23.0 Å². The molecule has 0 spiro atoms.